The van der Waals surface area contributed by atoms with Crippen LogP contribution in [-0.2, 0) is 9.59 Å². The van der Waals surface area contributed by atoms with Crippen molar-refractivity contribution in [2.45, 2.75) is 26.8 Å². The molecule has 1 rings (SSSR count). The second kappa shape index (κ2) is 5.65. The number of nitrogens with zero attached hydrogens (tertiary/aromatic N) is 1. The number of hydrogen-bond donors (Lipinski definition) is 1. The Bertz CT molecular complexity index is 362. The van der Waals surface area contributed by atoms with Gasteiger partial charge in [-0.1, -0.05) is 0 Å². The third-order valence-corrected chi connectivity index (χ3v) is 3.00. The minimum atomic E-state index is -0.507. The van der Waals surface area contributed by atoms with Crippen molar-refractivity contribution in [2.75, 3.05) is 4.90 Å². The Morgan fingerprint density at radius 2 is 2.25 bits per heavy atom. The summed E-state index contributed by atoms with van der Waals surface area (Å²) >= 11 is 1.44. The molecule has 0 fully saturated rings. The minimum absolute atomic E-state index is 0.138. The van der Waals surface area contributed by atoms with Gasteiger partial charge >= 0.3 is 0 Å². The minimum Gasteiger partial charge on any atom is -0.350 e. The molecule has 0 saturated carbocycles. The van der Waals surface area contributed by atoms with Gasteiger partial charge in [-0.05, 0) is 31.4 Å². The highest BCUT2D eigenvalue weighted by atomic mass is 32.1. The van der Waals surface area contributed by atoms with Crippen LogP contribution in [0.5, 0.6) is 0 Å². The Labute approximate surface area is 99.3 Å². The van der Waals surface area contributed by atoms with Crippen LogP contribution in [0.15, 0.2) is 17.5 Å². The second-order valence-electron chi connectivity index (χ2n) is 3.31. The maximum atomic E-state index is 11.7. The first kappa shape index (κ1) is 12.7. The van der Waals surface area contributed by atoms with Crippen LogP contribution < -0.4 is 10.2 Å². The standard InChI is InChI=1S/C11H15N2O2S/c1-4-12-11(15)8(2)13(9(3)14)10-6-5-7-16-10/h4-8H,1-3H3,(H,12,15). The van der Waals surface area contributed by atoms with E-state index < -0.39 is 6.04 Å². The molecule has 1 atom stereocenters. The van der Waals surface area contributed by atoms with Crippen LogP contribution >= 0.6 is 11.3 Å². The van der Waals surface area contributed by atoms with Crippen LogP contribution in [0.25, 0.3) is 0 Å². The van der Waals surface area contributed by atoms with Gasteiger partial charge in [-0.25, -0.2) is 0 Å². The number of hydrogen-bond acceptors (Lipinski definition) is 3. The summed E-state index contributed by atoms with van der Waals surface area (Å²) in [4.78, 5) is 24.7. The fraction of sp³-hybridized carbons (Fsp3) is 0.364. The van der Waals surface area contributed by atoms with Gasteiger partial charge in [0.1, 0.15) is 6.04 Å². The van der Waals surface area contributed by atoms with E-state index in [0.717, 1.165) is 5.00 Å². The molecule has 0 saturated heterocycles. The van der Waals surface area contributed by atoms with Crippen LogP contribution in [0.2, 0.25) is 0 Å². The van der Waals surface area contributed by atoms with Crippen molar-refractivity contribution in [3.05, 3.63) is 24.1 Å². The summed E-state index contributed by atoms with van der Waals surface area (Å²) in [5.74, 6) is -0.327. The second-order valence-corrected chi connectivity index (χ2v) is 4.24. The fourth-order valence-electron chi connectivity index (χ4n) is 1.41. The topological polar surface area (TPSA) is 49.4 Å². The molecule has 0 aliphatic carbocycles. The molecule has 87 valence electrons. The van der Waals surface area contributed by atoms with E-state index in [1.165, 1.54) is 23.2 Å². The molecule has 4 nitrogen and oxygen atoms in total. The van der Waals surface area contributed by atoms with Gasteiger partial charge < -0.3 is 5.32 Å². The van der Waals surface area contributed by atoms with E-state index in [4.69, 9.17) is 0 Å². The van der Waals surface area contributed by atoms with Crippen LogP contribution in [0.4, 0.5) is 5.00 Å². The van der Waals surface area contributed by atoms with Crippen molar-refractivity contribution in [2.24, 2.45) is 0 Å². The van der Waals surface area contributed by atoms with Crippen molar-refractivity contribution in [1.82, 2.24) is 5.32 Å². The molecule has 1 aromatic rings. The third kappa shape index (κ3) is 2.82. The van der Waals surface area contributed by atoms with Gasteiger partial charge in [0.15, 0.2) is 0 Å². The molecular formula is C11H15N2O2S. The molecule has 0 aromatic carbocycles. The van der Waals surface area contributed by atoms with E-state index in [0.29, 0.717) is 0 Å². The highest BCUT2D eigenvalue weighted by Gasteiger charge is 2.25. The Morgan fingerprint density at radius 1 is 1.56 bits per heavy atom. The smallest absolute Gasteiger partial charge is 0.243 e. The van der Waals surface area contributed by atoms with Gasteiger partial charge in [0.2, 0.25) is 11.8 Å². The third-order valence-electron chi connectivity index (χ3n) is 2.14. The van der Waals surface area contributed by atoms with E-state index in [2.05, 4.69) is 5.32 Å². The lowest BCUT2D eigenvalue weighted by Crippen LogP contribution is -2.46. The first-order chi connectivity index (χ1) is 7.57. The summed E-state index contributed by atoms with van der Waals surface area (Å²) in [5, 5.41) is 5.25. The van der Waals surface area contributed by atoms with E-state index in [1.807, 2.05) is 17.5 Å². The van der Waals surface area contributed by atoms with Crippen molar-refractivity contribution in [3.8, 4) is 0 Å². The van der Waals surface area contributed by atoms with Crippen LogP contribution in [0.3, 0.4) is 0 Å². The molecule has 16 heavy (non-hydrogen) atoms. The summed E-state index contributed by atoms with van der Waals surface area (Å²) < 4.78 is 0. The summed E-state index contributed by atoms with van der Waals surface area (Å²) in [5.41, 5.74) is 0. The van der Waals surface area contributed by atoms with Gasteiger partial charge in [-0.3, -0.25) is 14.5 Å². The Balaban J connectivity index is 2.87. The lowest BCUT2D eigenvalue weighted by molar-refractivity contribution is -0.124. The number of rotatable bonds is 4. The van der Waals surface area contributed by atoms with Crippen LogP contribution in [-0.4, -0.2) is 17.9 Å². The van der Waals surface area contributed by atoms with Crippen molar-refractivity contribution >= 4 is 28.2 Å². The fourth-order valence-corrected chi connectivity index (χ4v) is 2.26. The Morgan fingerprint density at radius 3 is 2.69 bits per heavy atom. The molecule has 1 N–H and O–H groups in total. The predicted molar refractivity (Wildman–Crippen MR) is 65.1 cm³/mol. The molecular weight excluding hydrogens is 224 g/mol. The number of carbonyl (C=O) groups excluding carboxylic acids is 2. The summed E-state index contributed by atoms with van der Waals surface area (Å²) in [6.07, 6.45) is 0. The Hall–Kier alpha value is -1.36. The molecule has 5 heteroatoms. The quantitative estimate of drug-likeness (QED) is 0.870. The number of amides is 2. The zero-order valence-corrected chi connectivity index (χ0v) is 10.4. The highest BCUT2D eigenvalue weighted by Crippen LogP contribution is 2.23. The monoisotopic (exact) mass is 239 g/mol. The van der Waals surface area contributed by atoms with Crippen LogP contribution in [0, 0.1) is 6.54 Å². The zero-order chi connectivity index (χ0) is 12.1. The number of carbonyl (C=O) groups is 2. The normalized spacial score (nSPS) is 11.9. The summed E-state index contributed by atoms with van der Waals surface area (Å²) in [6, 6.07) is 3.17. The zero-order valence-electron chi connectivity index (χ0n) is 9.56. The van der Waals surface area contributed by atoms with Gasteiger partial charge in [0.25, 0.3) is 0 Å². The van der Waals surface area contributed by atoms with E-state index in [1.54, 1.807) is 20.4 Å². The van der Waals surface area contributed by atoms with E-state index >= 15 is 0 Å². The average molecular weight is 239 g/mol. The average Bonchev–Trinajstić information content (AvgIpc) is 2.71. The molecule has 2 amide bonds. The SMILES string of the molecule is C[CH]NC(=O)C(C)N(C(C)=O)c1cccs1. The number of thiophene rings is 1. The molecule has 0 spiro atoms. The van der Waals surface area contributed by atoms with Crippen molar-refractivity contribution < 1.29 is 9.59 Å². The van der Waals surface area contributed by atoms with Gasteiger partial charge in [-0.2, -0.15) is 0 Å². The van der Waals surface area contributed by atoms with Crippen LogP contribution in [0.1, 0.15) is 20.8 Å². The van der Waals surface area contributed by atoms with Crippen molar-refractivity contribution in [1.29, 1.82) is 0 Å². The maximum Gasteiger partial charge on any atom is 0.243 e. The summed E-state index contributed by atoms with van der Waals surface area (Å²) in [6.45, 7) is 6.46. The molecule has 1 heterocycles. The predicted octanol–water partition coefficient (Wildman–Crippen LogP) is 1.79. The molecule has 0 aliphatic heterocycles. The molecule has 1 aromatic heterocycles. The maximum absolute atomic E-state index is 11.7. The molecule has 0 aliphatic rings. The molecule has 1 unspecified atom stereocenters. The first-order valence-corrected chi connectivity index (χ1v) is 5.87. The Kier molecular flexibility index (Phi) is 4.49. The van der Waals surface area contributed by atoms with Crippen molar-refractivity contribution in [3.63, 3.8) is 0 Å². The van der Waals surface area contributed by atoms with Gasteiger partial charge in [0.05, 0.1) is 5.00 Å². The largest absolute Gasteiger partial charge is 0.350 e. The van der Waals surface area contributed by atoms with Gasteiger partial charge in [0, 0.05) is 13.5 Å². The lowest BCUT2D eigenvalue weighted by Gasteiger charge is -2.25. The summed E-state index contributed by atoms with van der Waals surface area (Å²) in [7, 11) is 0. The number of anilines is 1. The molecule has 0 bridgehead atoms. The number of nitrogens with one attached hydrogen (secondary N) is 1. The van der Waals surface area contributed by atoms with E-state index in [-0.39, 0.29) is 11.8 Å². The lowest BCUT2D eigenvalue weighted by atomic mass is 10.2. The first-order valence-electron chi connectivity index (χ1n) is 4.99. The highest BCUT2D eigenvalue weighted by molar-refractivity contribution is 7.14. The molecule has 1 radical (unpaired) electrons. The van der Waals surface area contributed by atoms with Gasteiger partial charge in [-0.15, -0.1) is 11.3 Å². The van der Waals surface area contributed by atoms with E-state index in [9.17, 15) is 9.59 Å².